The Morgan fingerprint density at radius 3 is 2.91 bits per heavy atom. The quantitative estimate of drug-likeness (QED) is 0.697. The summed E-state index contributed by atoms with van der Waals surface area (Å²) in [6.07, 6.45) is 5.32. The maximum atomic E-state index is 8.99. The fourth-order valence-corrected chi connectivity index (χ4v) is 0.977. The molecule has 1 heterocycles. The minimum Gasteiger partial charge on any atom is -0.393 e. The van der Waals surface area contributed by atoms with Crippen molar-refractivity contribution in [2.75, 3.05) is 0 Å². The molecule has 0 bridgehead atoms. The molecular weight excluding hydrogens is 140 g/mol. The van der Waals surface area contributed by atoms with Crippen LogP contribution in [0.3, 0.4) is 0 Å². The van der Waals surface area contributed by atoms with Crippen LogP contribution in [0, 0.1) is 0 Å². The van der Waals surface area contributed by atoms with Crippen LogP contribution in [0.4, 0.5) is 0 Å². The van der Waals surface area contributed by atoms with Crippen LogP contribution in [-0.2, 0) is 13.5 Å². The fraction of sp³-hybridized carbons (Fsp3) is 0.625. The predicted octanol–water partition coefficient (Wildman–Crippen LogP) is 0.734. The summed E-state index contributed by atoms with van der Waals surface area (Å²) in [7, 11) is 1.89. The third kappa shape index (κ3) is 2.72. The van der Waals surface area contributed by atoms with Crippen molar-refractivity contribution in [2.45, 2.75) is 25.9 Å². The third-order valence-corrected chi connectivity index (χ3v) is 1.61. The van der Waals surface area contributed by atoms with E-state index in [4.69, 9.17) is 5.11 Å². The van der Waals surface area contributed by atoms with Gasteiger partial charge >= 0.3 is 0 Å². The van der Waals surface area contributed by atoms with Crippen LogP contribution in [0.5, 0.6) is 0 Å². The van der Waals surface area contributed by atoms with Gasteiger partial charge in [0.05, 0.1) is 12.3 Å². The Labute approximate surface area is 66.7 Å². The number of aliphatic hydroxyl groups is 1. The highest BCUT2D eigenvalue weighted by molar-refractivity contribution is 5.03. The second-order valence-corrected chi connectivity index (χ2v) is 2.91. The highest BCUT2D eigenvalue weighted by atomic mass is 16.3. The van der Waals surface area contributed by atoms with E-state index in [2.05, 4.69) is 5.10 Å². The molecule has 1 N–H and O–H groups in total. The third-order valence-electron chi connectivity index (χ3n) is 1.61. The molecule has 0 saturated carbocycles. The molecule has 0 spiro atoms. The normalized spacial score (nSPS) is 13.4. The van der Waals surface area contributed by atoms with Crippen LogP contribution < -0.4 is 0 Å². The summed E-state index contributed by atoms with van der Waals surface area (Å²) in [5.74, 6) is 0. The van der Waals surface area contributed by atoms with Crippen molar-refractivity contribution in [3.63, 3.8) is 0 Å². The van der Waals surface area contributed by atoms with Crippen LogP contribution in [0.1, 0.15) is 18.9 Å². The maximum Gasteiger partial charge on any atom is 0.0521 e. The van der Waals surface area contributed by atoms with Gasteiger partial charge in [-0.25, -0.2) is 0 Å². The van der Waals surface area contributed by atoms with Crippen molar-refractivity contribution in [2.24, 2.45) is 7.05 Å². The smallest absolute Gasteiger partial charge is 0.0521 e. The molecule has 3 nitrogen and oxygen atoms in total. The molecular formula is C8H14N2O. The Morgan fingerprint density at radius 1 is 1.73 bits per heavy atom. The summed E-state index contributed by atoms with van der Waals surface area (Å²) in [5, 5.41) is 13.0. The van der Waals surface area contributed by atoms with Gasteiger partial charge in [-0.2, -0.15) is 5.10 Å². The van der Waals surface area contributed by atoms with E-state index in [0.29, 0.717) is 0 Å². The van der Waals surface area contributed by atoms with E-state index in [0.717, 1.165) is 12.8 Å². The lowest BCUT2D eigenvalue weighted by Gasteiger charge is -1.99. The standard InChI is InChI=1S/C8H14N2O/c1-7(11)3-4-8-5-9-10(2)6-8/h5-7,11H,3-4H2,1-2H3/t7-/m0/s1. The van der Waals surface area contributed by atoms with Gasteiger partial charge in [0.1, 0.15) is 0 Å². The molecule has 0 aliphatic rings. The van der Waals surface area contributed by atoms with Crippen molar-refractivity contribution >= 4 is 0 Å². The maximum absolute atomic E-state index is 8.99. The van der Waals surface area contributed by atoms with Crippen molar-refractivity contribution in [1.29, 1.82) is 0 Å². The summed E-state index contributed by atoms with van der Waals surface area (Å²) in [6.45, 7) is 1.80. The van der Waals surface area contributed by atoms with Crippen molar-refractivity contribution in [1.82, 2.24) is 9.78 Å². The monoisotopic (exact) mass is 154 g/mol. The number of aliphatic hydroxyl groups excluding tert-OH is 1. The van der Waals surface area contributed by atoms with E-state index in [1.54, 1.807) is 11.6 Å². The Kier molecular flexibility index (Phi) is 2.65. The van der Waals surface area contributed by atoms with Crippen molar-refractivity contribution in [3.8, 4) is 0 Å². The summed E-state index contributed by atoms with van der Waals surface area (Å²) in [6, 6.07) is 0. The zero-order valence-corrected chi connectivity index (χ0v) is 6.99. The van der Waals surface area contributed by atoms with Crippen LogP contribution >= 0.6 is 0 Å². The number of aryl methyl sites for hydroxylation is 2. The van der Waals surface area contributed by atoms with Gasteiger partial charge in [0.25, 0.3) is 0 Å². The van der Waals surface area contributed by atoms with Gasteiger partial charge in [0.2, 0.25) is 0 Å². The van der Waals surface area contributed by atoms with Gasteiger partial charge in [-0.05, 0) is 25.3 Å². The van der Waals surface area contributed by atoms with Gasteiger partial charge in [0.15, 0.2) is 0 Å². The molecule has 3 heteroatoms. The minimum absolute atomic E-state index is 0.213. The topological polar surface area (TPSA) is 38.1 Å². The number of rotatable bonds is 3. The van der Waals surface area contributed by atoms with E-state index in [1.807, 2.05) is 19.4 Å². The molecule has 62 valence electrons. The average Bonchev–Trinajstić information content (AvgIpc) is 2.31. The number of hydrogen-bond donors (Lipinski definition) is 1. The summed E-state index contributed by atoms with van der Waals surface area (Å²) in [4.78, 5) is 0. The number of nitrogens with zero attached hydrogens (tertiary/aromatic N) is 2. The van der Waals surface area contributed by atoms with Crippen LogP contribution in [0.15, 0.2) is 12.4 Å². The Hall–Kier alpha value is -0.830. The SMILES string of the molecule is C[C@H](O)CCc1cnn(C)c1. The van der Waals surface area contributed by atoms with Crippen LogP contribution in [-0.4, -0.2) is 21.0 Å². The molecule has 0 amide bonds. The number of aromatic nitrogens is 2. The minimum atomic E-state index is -0.213. The van der Waals surface area contributed by atoms with E-state index < -0.39 is 0 Å². The molecule has 0 unspecified atom stereocenters. The van der Waals surface area contributed by atoms with Gasteiger partial charge in [0, 0.05) is 13.2 Å². The molecule has 11 heavy (non-hydrogen) atoms. The molecule has 1 aromatic heterocycles. The Morgan fingerprint density at radius 2 is 2.45 bits per heavy atom. The van der Waals surface area contributed by atoms with Crippen LogP contribution in [0.2, 0.25) is 0 Å². The first-order valence-corrected chi connectivity index (χ1v) is 3.84. The van der Waals surface area contributed by atoms with E-state index >= 15 is 0 Å². The second-order valence-electron chi connectivity index (χ2n) is 2.91. The first kappa shape index (κ1) is 8.27. The lowest BCUT2D eigenvalue weighted by atomic mass is 10.1. The van der Waals surface area contributed by atoms with Crippen LogP contribution in [0.25, 0.3) is 0 Å². The summed E-state index contributed by atoms with van der Waals surface area (Å²) < 4.78 is 1.78. The van der Waals surface area contributed by atoms with Gasteiger partial charge in [-0.1, -0.05) is 0 Å². The molecule has 1 aromatic rings. The number of hydrogen-bond acceptors (Lipinski definition) is 2. The predicted molar refractivity (Wildman–Crippen MR) is 43.2 cm³/mol. The largest absolute Gasteiger partial charge is 0.393 e. The molecule has 0 aliphatic heterocycles. The molecule has 0 radical (unpaired) electrons. The molecule has 1 atom stereocenters. The second kappa shape index (κ2) is 3.53. The highest BCUT2D eigenvalue weighted by Crippen LogP contribution is 2.02. The molecule has 0 fully saturated rings. The van der Waals surface area contributed by atoms with Crippen molar-refractivity contribution in [3.05, 3.63) is 18.0 Å². The molecule has 0 saturated heterocycles. The Balaban J connectivity index is 2.39. The Bertz CT molecular complexity index is 218. The van der Waals surface area contributed by atoms with E-state index in [1.165, 1.54) is 5.56 Å². The van der Waals surface area contributed by atoms with Gasteiger partial charge < -0.3 is 5.11 Å². The van der Waals surface area contributed by atoms with E-state index in [9.17, 15) is 0 Å². The molecule has 0 aromatic carbocycles. The molecule has 1 rings (SSSR count). The summed E-state index contributed by atoms with van der Waals surface area (Å²) in [5.41, 5.74) is 1.19. The van der Waals surface area contributed by atoms with E-state index in [-0.39, 0.29) is 6.10 Å². The zero-order chi connectivity index (χ0) is 8.27. The molecule has 0 aliphatic carbocycles. The first-order chi connectivity index (χ1) is 5.18. The highest BCUT2D eigenvalue weighted by Gasteiger charge is 1.98. The zero-order valence-electron chi connectivity index (χ0n) is 6.99. The van der Waals surface area contributed by atoms with Crippen molar-refractivity contribution < 1.29 is 5.11 Å². The summed E-state index contributed by atoms with van der Waals surface area (Å²) >= 11 is 0. The van der Waals surface area contributed by atoms with Gasteiger partial charge in [-0.3, -0.25) is 4.68 Å². The first-order valence-electron chi connectivity index (χ1n) is 3.84. The fourth-order valence-electron chi connectivity index (χ4n) is 0.977. The van der Waals surface area contributed by atoms with Gasteiger partial charge in [-0.15, -0.1) is 0 Å². The average molecular weight is 154 g/mol. The lowest BCUT2D eigenvalue weighted by molar-refractivity contribution is 0.185. The lowest BCUT2D eigenvalue weighted by Crippen LogP contribution is -2.00.